The van der Waals surface area contributed by atoms with Crippen molar-refractivity contribution in [2.24, 2.45) is 10.9 Å². The maximum atomic E-state index is 13.4. The monoisotopic (exact) mass is 477 g/mol. The summed E-state index contributed by atoms with van der Waals surface area (Å²) in [5.74, 6) is -0.972. The number of hydrogen-bond acceptors (Lipinski definition) is 5. The van der Waals surface area contributed by atoms with E-state index in [1.54, 1.807) is 15.9 Å². The van der Waals surface area contributed by atoms with Gasteiger partial charge in [0.1, 0.15) is 0 Å². The predicted molar refractivity (Wildman–Crippen MR) is 117 cm³/mol. The van der Waals surface area contributed by atoms with Crippen LogP contribution in [0.25, 0.3) is 5.57 Å². The van der Waals surface area contributed by atoms with Crippen LogP contribution in [0.5, 0.6) is 0 Å². The summed E-state index contributed by atoms with van der Waals surface area (Å²) >= 11 is 0. The van der Waals surface area contributed by atoms with Crippen molar-refractivity contribution in [1.82, 2.24) is 19.6 Å². The van der Waals surface area contributed by atoms with Crippen LogP contribution in [0.2, 0.25) is 0 Å². The summed E-state index contributed by atoms with van der Waals surface area (Å²) in [6.45, 7) is 4.50. The van der Waals surface area contributed by atoms with Crippen LogP contribution < -0.4 is 0 Å². The molecule has 8 nitrogen and oxygen atoms in total. The van der Waals surface area contributed by atoms with Crippen molar-refractivity contribution in [3.8, 4) is 0 Å². The van der Waals surface area contributed by atoms with Gasteiger partial charge in [0.25, 0.3) is 5.91 Å². The number of piperazine rings is 1. The minimum Gasteiger partial charge on any atom is -0.379 e. The van der Waals surface area contributed by atoms with E-state index in [9.17, 15) is 22.8 Å². The molecule has 1 aromatic rings. The molecule has 4 heterocycles. The number of ether oxygens (including phenoxy) is 1. The number of halogens is 3. The molecule has 1 unspecified atom stereocenters. The molecule has 11 heteroatoms. The summed E-state index contributed by atoms with van der Waals surface area (Å²) < 4.78 is 44.9. The van der Waals surface area contributed by atoms with Crippen LogP contribution in [-0.2, 0) is 9.53 Å². The van der Waals surface area contributed by atoms with E-state index in [0.29, 0.717) is 61.9 Å². The third-order valence-corrected chi connectivity index (χ3v) is 6.88. The van der Waals surface area contributed by atoms with Gasteiger partial charge in [-0.3, -0.25) is 19.2 Å². The van der Waals surface area contributed by atoms with Crippen LogP contribution >= 0.6 is 0 Å². The van der Waals surface area contributed by atoms with E-state index in [1.165, 1.54) is 6.20 Å². The van der Waals surface area contributed by atoms with E-state index in [2.05, 4.69) is 10.1 Å². The average Bonchev–Trinajstić information content (AvgIpc) is 3.47. The maximum Gasteiger partial charge on any atom is 0.390 e. The van der Waals surface area contributed by atoms with Crippen LogP contribution in [0.4, 0.5) is 13.2 Å². The van der Waals surface area contributed by atoms with Gasteiger partial charge in [0.15, 0.2) is 0 Å². The number of fused-ring (bicyclic) bond motifs is 3. The Kier molecular flexibility index (Phi) is 5.93. The maximum absolute atomic E-state index is 13.4. The average molecular weight is 477 g/mol. The van der Waals surface area contributed by atoms with E-state index in [4.69, 9.17) is 4.74 Å². The Morgan fingerprint density at radius 2 is 2.00 bits per heavy atom. The fourth-order valence-corrected chi connectivity index (χ4v) is 4.95. The fourth-order valence-electron chi connectivity index (χ4n) is 4.95. The van der Waals surface area contributed by atoms with Crippen LogP contribution in [-0.4, -0.2) is 89.2 Å². The van der Waals surface area contributed by atoms with E-state index >= 15 is 0 Å². The lowest BCUT2D eigenvalue weighted by molar-refractivity contribution is -0.142. The number of rotatable bonds is 4. The van der Waals surface area contributed by atoms with Crippen molar-refractivity contribution >= 4 is 23.1 Å². The molecule has 3 aliphatic heterocycles. The Balaban J connectivity index is 1.35. The van der Waals surface area contributed by atoms with Gasteiger partial charge in [0.2, 0.25) is 5.91 Å². The molecule has 2 atom stereocenters. The van der Waals surface area contributed by atoms with E-state index in [1.807, 2.05) is 17.7 Å². The molecule has 5 rings (SSSR count). The second-order valence-corrected chi connectivity index (χ2v) is 9.15. The Morgan fingerprint density at radius 3 is 2.68 bits per heavy atom. The first-order valence-electron chi connectivity index (χ1n) is 11.5. The number of amides is 2. The highest BCUT2D eigenvalue weighted by molar-refractivity contribution is 6.36. The van der Waals surface area contributed by atoms with Crippen LogP contribution in [0.15, 0.2) is 28.9 Å². The number of alkyl halides is 3. The molecule has 1 aromatic heterocycles. The van der Waals surface area contributed by atoms with Gasteiger partial charge >= 0.3 is 6.18 Å². The van der Waals surface area contributed by atoms with Crippen molar-refractivity contribution in [3.63, 3.8) is 0 Å². The molecule has 0 bridgehead atoms. The number of nitrogens with zero attached hydrogens (tertiary/aromatic N) is 5. The minimum absolute atomic E-state index is 0.0164. The van der Waals surface area contributed by atoms with Gasteiger partial charge in [-0.05, 0) is 19.4 Å². The third-order valence-electron chi connectivity index (χ3n) is 6.88. The van der Waals surface area contributed by atoms with E-state index < -0.39 is 18.5 Å². The molecule has 2 amide bonds. The molecular formula is C23H26F3N5O3. The highest BCUT2D eigenvalue weighted by atomic mass is 19.4. The molecule has 0 aromatic carbocycles. The smallest absolute Gasteiger partial charge is 0.379 e. The van der Waals surface area contributed by atoms with Gasteiger partial charge in [0, 0.05) is 44.9 Å². The lowest BCUT2D eigenvalue weighted by Crippen LogP contribution is -2.51. The summed E-state index contributed by atoms with van der Waals surface area (Å²) in [6, 6.07) is 0.0164. The van der Waals surface area contributed by atoms with Gasteiger partial charge in [-0.1, -0.05) is 11.6 Å². The Labute approximate surface area is 194 Å². The second kappa shape index (κ2) is 8.77. The summed E-state index contributed by atoms with van der Waals surface area (Å²) in [6.07, 6.45) is 0.921. The third kappa shape index (κ3) is 4.34. The largest absolute Gasteiger partial charge is 0.390 e. The van der Waals surface area contributed by atoms with E-state index in [0.717, 1.165) is 12.0 Å². The molecule has 0 N–H and O–H groups in total. The summed E-state index contributed by atoms with van der Waals surface area (Å²) in [5, 5.41) is 4.44. The first kappa shape index (κ1) is 23.0. The Morgan fingerprint density at radius 1 is 1.24 bits per heavy atom. The van der Waals surface area contributed by atoms with Crippen LogP contribution in [0.3, 0.4) is 0 Å². The van der Waals surface area contributed by atoms with Gasteiger partial charge in [-0.25, -0.2) is 4.99 Å². The van der Waals surface area contributed by atoms with Crippen molar-refractivity contribution in [2.75, 3.05) is 45.9 Å². The Hall–Kier alpha value is -2.79. The number of aromatic nitrogens is 2. The second-order valence-electron chi connectivity index (χ2n) is 9.15. The SMILES string of the molecule is CC1=CC2=NC(=O)c3cnn([C@H]4CCOC4)c3C2=CC1C(=O)N1CCN(CCC(F)(F)F)CC1. The molecule has 0 spiro atoms. The summed E-state index contributed by atoms with van der Waals surface area (Å²) in [7, 11) is 0. The molecule has 0 saturated carbocycles. The summed E-state index contributed by atoms with van der Waals surface area (Å²) in [5.41, 5.74) is 3.10. The highest BCUT2D eigenvalue weighted by Gasteiger charge is 2.37. The number of carbonyl (C=O) groups is 2. The number of allylic oxidation sites excluding steroid dienone is 2. The normalized spacial score (nSPS) is 25.5. The molecule has 2 fully saturated rings. The first-order valence-corrected chi connectivity index (χ1v) is 11.5. The zero-order chi connectivity index (χ0) is 24.0. The fraction of sp³-hybridized carbons (Fsp3) is 0.565. The van der Waals surface area contributed by atoms with E-state index in [-0.39, 0.29) is 24.4 Å². The zero-order valence-electron chi connectivity index (χ0n) is 18.8. The predicted octanol–water partition coefficient (Wildman–Crippen LogP) is 2.50. The molecule has 2 saturated heterocycles. The first-order chi connectivity index (χ1) is 16.2. The standard InChI is InChI=1S/C23H26F3N5O3/c1-14-10-19-17(20-18(21(32)28-19)12-27-31(20)15-2-9-34-13-15)11-16(14)22(33)30-7-5-29(6-8-30)4-3-23(24,25)26/h10-12,15-16H,2-9,13H2,1H3/t15-,16?/m0/s1. The van der Waals surface area contributed by atoms with Crippen LogP contribution in [0, 0.1) is 5.92 Å². The summed E-state index contributed by atoms with van der Waals surface area (Å²) in [4.78, 5) is 33.7. The van der Waals surface area contributed by atoms with Crippen molar-refractivity contribution in [1.29, 1.82) is 0 Å². The topological polar surface area (TPSA) is 80.0 Å². The molecule has 34 heavy (non-hydrogen) atoms. The zero-order valence-corrected chi connectivity index (χ0v) is 18.8. The van der Waals surface area contributed by atoms with Gasteiger partial charge < -0.3 is 9.64 Å². The van der Waals surface area contributed by atoms with Crippen molar-refractivity contribution < 1.29 is 27.5 Å². The van der Waals surface area contributed by atoms with Crippen molar-refractivity contribution in [3.05, 3.63) is 35.2 Å². The van der Waals surface area contributed by atoms with Crippen molar-refractivity contribution in [2.45, 2.75) is 32.0 Å². The molecule has 0 radical (unpaired) electrons. The molecule has 4 aliphatic rings. The van der Waals surface area contributed by atoms with Crippen LogP contribution in [0.1, 0.15) is 41.9 Å². The number of carbonyl (C=O) groups excluding carboxylic acids is 2. The Bertz CT molecular complexity index is 1090. The highest BCUT2D eigenvalue weighted by Crippen LogP contribution is 2.36. The quantitative estimate of drug-likeness (QED) is 0.666. The lowest BCUT2D eigenvalue weighted by atomic mass is 9.84. The minimum atomic E-state index is -4.18. The number of aliphatic imine (C=N–C) groups is 1. The van der Waals surface area contributed by atoms with Gasteiger partial charge in [0.05, 0.1) is 48.2 Å². The van der Waals surface area contributed by atoms with Gasteiger partial charge in [-0.2, -0.15) is 18.3 Å². The molecule has 1 aliphatic carbocycles. The lowest BCUT2D eigenvalue weighted by Gasteiger charge is -2.37. The number of hydrogen-bond donors (Lipinski definition) is 0. The molecular weight excluding hydrogens is 451 g/mol. The van der Waals surface area contributed by atoms with Gasteiger partial charge in [-0.15, -0.1) is 0 Å². The molecule has 182 valence electrons.